The van der Waals surface area contributed by atoms with Crippen LogP contribution >= 0.6 is 0 Å². The zero-order valence-electron chi connectivity index (χ0n) is 14.4. The standard InChI is InChI=1S/C11H18N2O2.C6H14/c1-10(11(2,3)13-9-15)6-4-5-7-12-8-14;1-3-5-6-4-2/h10H,4-7H2,1-3H3;3-6H2,1-2H3. The number of carbonyl (C=O) groups excluding carboxylic acids is 2. The van der Waals surface area contributed by atoms with Crippen LogP contribution in [0.15, 0.2) is 9.98 Å². The van der Waals surface area contributed by atoms with Gasteiger partial charge in [0.2, 0.25) is 12.2 Å². The van der Waals surface area contributed by atoms with Crippen molar-refractivity contribution in [2.24, 2.45) is 15.9 Å². The number of rotatable bonds is 10. The highest BCUT2D eigenvalue weighted by molar-refractivity contribution is 5.34. The monoisotopic (exact) mass is 296 g/mol. The molecule has 0 N–H and O–H groups in total. The van der Waals surface area contributed by atoms with E-state index in [0.29, 0.717) is 12.5 Å². The van der Waals surface area contributed by atoms with E-state index in [-0.39, 0.29) is 5.54 Å². The van der Waals surface area contributed by atoms with Crippen molar-refractivity contribution in [3.63, 3.8) is 0 Å². The number of aliphatic imine (C=N–C) groups is 2. The third-order valence-electron chi connectivity index (χ3n) is 3.72. The van der Waals surface area contributed by atoms with Gasteiger partial charge in [-0.15, -0.1) is 0 Å². The molecule has 21 heavy (non-hydrogen) atoms. The first kappa shape index (κ1) is 22.0. The molecule has 0 amide bonds. The van der Waals surface area contributed by atoms with E-state index in [0.717, 1.165) is 19.3 Å². The van der Waals surface area contributed by atoms with Crippen LogP contribution in [0.25, 0.3) is 0 Å². The molecule has 4 nitrogen and oxygen atoms in total. The predicted molar refractivity (Wildman–Crippen MR) is 88.0 cm³/mol. The quantitative estimate of drug-likeness (QED) is 0.329. The maximum Gasteiger partial charge on any atom is 0.235 e. The van der Waals surface area contributed by atoms with Crippen molar-refractivity contribution >= 4 is 12.2 Å². The molecule has 0 aromatic heterocycles. The second kappa shape index (κ2) is 15.2. The number of isocyanates is 2. The van der Waals surface area contributed by atoms with Gasteiger partial charge < -0.3 is 0 Å². The van der Waals surface area contributed by atoms with Crippen molar-refractivity contribution in [3.05, 3.63) is 0 Å². The molecule has 0 aromatic carbocycles. The SMILES string of the molecule is CC(CCCCN=C=O)C(C)(C)N=C=O.CCCCCC. The van der Waals surface area contributed by atoms with Gasteiger partial charge in [0.05, 0.1) is 12.1 Å². The third kappa shape index (κ3) is 15.0. The Morgan fingerprint density at radius 1 is 0.952 bits per heavy atom. The molecule has 0 aliphatic rings. The molecular weight excluding hydrogens is 264 g/mol. The van der Waals surface area contributed by atoms with Crippen molar-refractivity contribution < 1.29 is 9.59 Å². The Hall–Kier alpha value is -1.24. The molecule has 4 heteroatoms. The van der Waals surface area contributed by atoms with Crippen LogP contribution in [0.2, 0.25) is 0 Å². The summed E-state index contributed by atoms with van der Waals surface area (Å²) >= 11 is 0. The molecule has 0 aliphatic heterocycles. The van der Waals surface area contributed by atoms with Crippen molar-refractivity contribution in [1.82, 2.24) is 0 Å². The number of unbranched alkanes of at least 4 members (excludes halogenated alkanes) is 4. The van der Waals surface area contributed by atoms with Crippen LogP contribution in [0.4, 0.5) is 0 Å². The Kier molecular flexibility index (Phi) is 15.9. The lowest BCUT2D eigenvalue weighted by atomic mass is 9.86. The second-order valence-electron chi connectivity index (χ2n) is 5.93. The Labute approximate surface area is 130 Å². The van der Waals surface area contributed by atoms with Gasteiger partial charge in [-0.2, -0.15) is 4.99 Å². The van der Waals surface area contributed by atoms with Gasteiger partial charge in [0, 0.05) is 0 Å². The highest BCUT2D eigenvalue weighted by atomic mass is 16.1. The predicted octanol–water partition coefficient (Wildman–Crippen LogP) is 4.83. The molecule has 0 saturated heterocycles. The summed E-state index contributed by atoms with van der Waals surface area (Å²) in [5.41, 5.74) is -0.352. The van der Waals surface area contributed by atoms with E-state index in [1.54, 1.807) is 6.08 Å². The number of nitrogens with zero attached hydrogens (tertiary/aromatic N) is 2. The van der Waals surface area contributed by atoms with Crippen LogP contribution in [0.3, 0.4) is 0 Å². The first-order chi connectivity index (χ1) is 9.96. The highest BCUT2D eigenvalue weighted by Crippen LogP contribution is 2.25. The third-order valence-corrected chi connectivity index (χ3v) is 3.72. The average molecular weight is 296 g/mol. The Bertz CT molecular complexity index is 324. The topological polar surface area (TPSA) is 58.9 Å². The van der Waals surface area contributed by atoms with E-state index in [1.807, 2.05) is 13.8 Å². The molecule has 1 atom stereocenters. The van der Waals surface area contributed by atoms with Crippen LogP contribution in [-0.2, 0) is 9.59 Å². The molecule has 0 aliphatic carbocycles. The van der Waals surface area contributed by atoms with Crippen molar-refractivity contribution in [2.45, 2.75) is 85.1 Å². The lowest BCUT2D eigenvalue weighted by Gasteiger charge is -2.25. The summed E-state index contributed by atoms with van der Waals surface area (Å²) in [4.78, 5) is 27.2. The molecular formula is C17H32N2O2. The van der Waals surface area contributed by atoms with Gasteiger partial charge in [-0.1, -0.05) is 52.9 Å². The van der Waals surface area contributed by atoms with E-state index in [2.05, 4.69) is 30.8 Å². The smallest absolute Gasteiger partial charge is 0.211 e. The van der Waals surface area contributed by atoms with Gasteiger partial charge in [-0.25, -0.2) is 14.6 Å². The molecule has 0 bridgehead atoms. The number of hydrogen-bond acceptors (Lipinski definition) is 4. The summed E-state index contributed by atoms with van der Waals surface area (Å²) in [6, 6.07) is 0. The summed E-state index contributed by atoms with van der Waals surface area (Å²) in [6.07, 6.45) is 11.5. The fraction of sp³-hybridized carbons (Fsp3) is 0.882. The molecule has 0 fully saturated rings. The van der Waals surface area contributed by atoms with Gasteiger partial charge in [0.1, 0.15) is 0 Å². The largest absolute Gasteiger partial charge is 0.235 e. The van der Waals surface area contributed by atoms with Gasteiger partial charge in [-0.05, 0) is 32.6 Å². The molecule has 0 radical (unpaired) electrons. The van der Waals surface area contributed by atoms with Crippen LogP contribution < -0.4 is 0 Å². The molecule has 0 saturated carbocycles. The fourth-order valence-electron chi connectivity index (χ4n) is 1.77. The van der Waals surface area contributed by atoms with Gasteiger partial charge in [0.25, 0.3) is 0 Å². The molecule has 0 heterocycles. The van der Waals surface area contributed by atoms with Crippen molar-refractivity contribution in [2.75, 3.05) is 6.54 Å². The highest BCUT2D eigenvalue weighted by Gasteiger charge is 2.24. The van der Waals surface area contributed by atoms with Crippen LogP contribution in [0.5, 0.6) is 0 Å². The van der Waals surface area contributed by atoms with Crippen LogP contribution in [0, 0.1) is 5.92 Å². The van der Waals surface area contributed by atoms with E-state index in [1.165, 1.54) is 31.8 Å². The lowest BCUT2D eigenvalue weighted by molar-refractivity contribution is 0.320. The maximum atomic E-state index is 10.2. The summed E-state index contributed by atoms with van der Waals surface area (Å²) in [7, 11) is 0. The van der Waals surface area contributed by atoms with Gasteiger partial charge in [0.15, 0.2) is 0 Å². The zero-order valence-corrected chi connectivity index (χ0v) is 14.4. The van der Waals surface area contributed by atoms with Crippen molar-refractivity contribution in [3.8, 4) is 0 Å². The van der Waals surface area contributed by atoms with E-state index in [4.69, 9.17) is 0 Å². The van der Waals surface area contributed by atoms with Gasteiger partial charge >= 0.3 is 0 Å². The normalized spacial score (nSPS) is 11.5. The Morgan fingerprint density at radius 2 is 1.52 bits per heavy atom. The summed E-state index contributed by atoms with van der Waals surface area (Å²) in [5, 5.41) is 0. The first-order valence-electron chi connectivity index (χ1n) is 8.08. The Balaban J connectivity index is 0. The van der Waals surface area contributed by atoms with E-state index >= 15 is 0 Å². The summed E-state index contributed by atoms with van der Waals surface area (Å²) in [6.45, 7) is 10.9. The summed E-state index contributed by atoms with van der Waals surface area (Å²) in [5.74, 6) is 0.319. The van der Waals surface area contributed by atoms with E-state index < -0.39 is 0 Å². The molecule has 0 aromatic rings. The molecule has 0 spiro atoms. The van der Waals surface area contributed by atoms with E-state index in [9.17, 15) is 9.59 Å². The average Bonchev–Trinajstić information content (AvgIpc) is 2.45. The van der Waals surface area contributed by atoms with Gasteiger partial charge in [-0.3, -0.25) is 0 Å². The van der Waals surface area contributed by atoms with Crippen LogP contribution in [0.1, 0.15) is 79.6 Å². The minimum atomic E-state index is -0.352. The minimum Gasteiger partial charge on any atom is -0.211 e. The zero-order chi connectivity index (χ0) is 16.6. The Morgan fingerprint density at radius 3 is 1.95 bits per heavy atom. The maximum absolute atomic E-state index is 10.2. The molecule has 1 unspecified atom stereocenters. The lowest BCUT2D eigenvalue weighted by Crippen LogP contribution is -2.26. The van der Waals surface area contributed by atoms with Crippen LogP contribution in [-0.4, -0.2) is 24.2 Å². The van der Waals surface area contributed by atoms with Crippen molar-refractivity contribution in [1.29, 1.82) is 0 Å². The minimum absolute atomic E-state index is 0.319. The molecule has 122 valence electrons. The second-order valence-corrected chi connectivity index (χ2v) is 5.93. The molecule has 0 rings (SSSR count). The number of hydrogen-bond donors (Lipinski definition) is 0. The summed E-state index contributed by atoms with van der Waals surface area (Å²) < 4.78 is 0. The first-order valence-corrected chi connectivity index (χ1v) is 8.08. The fourth-order valence-corrected chi connectivity index (χ4v) is 1.77.